The molecule has 0 N–H and O–H groups in total. The highest BCUT2D eigenvalue weighted by Crippen LogP contribution is 2.32. The third kappa shape index (κ3) is 6.90. The van der Waals surface area contributed by atoms with E-state index < -0.39 is 0 Å². The molecule has 0 aliphatic rings. The number of benzene rings is 2. The minimum Gasteiger partial charge on any atom is -0.304 e. The van der Waals surface area contributed by atoms with Gasteiger partial charge in [0.25, 0.3) is 0 Å². The van der Waals surface area contributed by atoms with E-state index >= 15 is 0 Å². The van der Waals surface area contributed by atoms with Crippen LogP contribution >= 0.6 is 46.9 Å². The third-order valence-electron chi connectivity index (χ3n) is 5.26. The van der Waals surface area contributed by atoms with Crippen molar-refractivity contribution in [2.45, 2.75) is 39.7 Å². The molecular weight excluding hydrogens is 474 g/mol. The van der Waals surface area contributed by atoms with Crippen LogP contribution in [0.3, 0.4) is 0 Å². The van der Waals surface area contributed by atoms with Crippen molar-refractivity contribution in [2.75, 3.05) is 19.6 Å². The molecule has 0 amide bonds. The number of fused-ring (bicyclic) bond motifs is 1. The van der Waals surface area contributed by atoms with Crippen molar-refractivity contribution in [1.29, 1.82) is 0 Å². The Morgan fingerprint density at radius 2 is 1.77 bits per heavy atom. The standard InChI is InChI=1S/C24H27Cl2FN2S.ClH/c1-4-29(5-2)12-6-7-16(3)28-22-15-24(17-8-10-20(25)21(26)13-17)30-23-11-9-18(27)14-19(22)23;/h8-11,13-16H,4-7,12H2,1-3H3;1H. The van der Waals surface area contributed by atoms with Gasteiger partial charge in [0.2, 0.25) is 0 Å². The van der Waals surface area contributed by atoms with Crippen LogP contribution in [0.25, 0.3) is 20.5 Å². The molecule has 2 aromatic carbocycles. The van der Waals surface area contributed by atoms with Crippen LogP contribution in [-0.2, 0) is 0 Å². The molecule has 7 heteroatoms. The second kappa shape index (κ2) is 12.2. The fraction of sp³-hybridized carbons (Fsp3) is 0.375. The lowest BCUT2D eigenvalue weighted by Gasteiger charge is -2.18. The summed E-state index contributed by atoms with van der Waals surface area (Å²) in [4.78, 5) is 8.42. The maximum absolute atomic E-state index is 14.0. The quantitative estimate of drug-likeness (QED) is 0.307. The normalized spacial score (nSPS) is 12.9. The van der Waals surface area contributed by atoms with E-state index in [0.29, 0.717) is 10.0 Å². The van der Waals surface area contributed by atoms with Crippen LogP contribution in [0, 0.1) is 5.82 Å². The van der Waals surface area contributed by atoms with Gasteiger partial charge >= 0.3 is 0 Å². The monoisotopic (exact) mass is 500 g/mol. The number of hydrogen-bond donors (Lipinski definition) is 0. The minimum absolute atomic E-state index is 0. The molecule has 0 radical (unpaired) electrons. The van der Waals surface area contributed by atoms with E-state index in [-0.39, 0.29) is 24.3 Å². The highest BCUT2D eigenvalue weighted by atomic mass is 35.5. The molecular formula is C24H28Cl3FN2S. The van der Waals surface area contributed by atoms with E-state index in [0.717, 1.165) is 58.4 Å². The van der Waals surface area contributed by atoms with Crippen molar-refractivity contribution in [3.63, 3.8) is 0 Å². The lowest BCUT2D eigenvalue weighted by Crippen LogP contribution is -2.24. The number of halogens is 4. The van der Waals surface area contributed by atoms with Gasteiger partial charge in [0.05, 0.1) is 15.4 Å². The smallest absolute Gasteiger partial charge is 0.123 e. The zero-order valence-corrected chi connectivity index (χ0v) is 21.1. The van der Waals surface area contributed by atoms with E-state index in [1.807, 2.05) is 24.3 Å². The van der Waals surface area contributed by atoms with Crippen molar-refractivity contribution >= 4 is 57.0 Å². The molecule has 0 bridgehead atoms. The largest absolute Gasteiger partial charge is 0.304 e. The summed E-state index contributed by atoms with van der Waals surface area (Å²) in [6, 6.07) is 12.7. The van der Waals surface area contributed by atoms with Crippen LogP contribution in [0.15, 0.2) is 47.5 Å². The van der Waals surface area contributed by atoms with E-state index in [2.05, 4.69) is 25.7 Å². The van der Waals surface area contributed by atoms with Crippen LogP contribution in [0.2, 0.25) is 10.0 Å². The van der Waals surface area contributed by atoms with Gasteiger partial charge in [-0.15, -0.1) is 23.7 Å². The summed E-state index contributed by atoms with van der Waals surface area (Å²) in [5.41, 5.74) is 0.978. The first-order valence-corrected chi connectivity index (χ1v) is 11.9. The molecule has 0 fully saturated rings. The topological polar surface area (TPSA) is 15.6 Å². The number of hydrogen-bond acceptors (Lipinski definition) is 3. The molecule has 1 aromatic heterocycles. The van der Waals surface area contributed by atoms with Gasteiger partial charge in [-0.25, -0.2) is 4.39 Å². The first kappa shape index (κ1) is 26.1. The lowest BCUT2D eigenvalue weighted by molar-refractivity contribution is 0.294. The van der Waals surface area contributed by atoms with Gasteiger partial charge in [0, 0.05) is 21.0 Å². The first-order valence-electron chi connectivity index (χ1n) is 10.4. The summed E-state index contributed by atoms with van der Waals surface area (Å²) in [6.07, 6.45) is 2.08. The van der Waals surface area contributed by atoms with Crippen molar-refractivity contribution in [3.8, 4) is 10.4 Å². The number of nitrogens with zero attached hydrogens (tertiary/aromatic N) is 2. The van der Waals surface area contributed by atoms with Crippen molar-refractivity contribution < 1.29 is 4.39 Å². The molecule has 1 atom stereocenters. The zero-order chi connectivity index (χ0) is 21.7. The molecule has 0 aliphatic carbocycles. The second-order valence-corrected chi connectivity index (χ2v) is 9.31. The van der Waals surface area contributed by atoms with Crippen LogP contribution in [0.5, 0.6) is 0 Å². The van der Waals surface area contributed by atoms with E-state index in [1.54, 1.807) is 23.5 Å². The Hall–Kier alpha value is -1.17. The van der Waals surface area contributed by atoms with Gasteiger partial charge in [-0.3, -0.25) is 4.99 Å². The van der Waals surface area contributed by atoms with Crippen LogP contribution in [0.1, 0.15) is 33.6 Å². The zero-order valence-electron chi connectivity index (χ0n) is 18.0. The predicted molar refractivity (Wildman–Crippen MR) is 137 cm³/mol. The Labute approximate surface area is 204 Å². The summed E-state index contributed by atoms with van der Waals surface area (Å²) >= 11 is 13.9. The summed E-state index contributed by atoms with van der Waals surface area (Å²) < 4.78 is 15.0. The second-order valence-electron chi connectivity index (χ2n) is 7.41. The molecule has 31 heavy (non-hydrogen) atoms. The molecule has 168 valence electrons. The summed E-state index contributed by atoms with van der Waals surface area (Å²) in [5.74, 6) is -0.248. The Morgan fingerprint density at radius 1 is 1.03 bits per heavy atom. The van der Waals surface area contributed by atoms with Gasteiger partial charge < -0.3 is 4.90 Å². The molecule has 2 nitrogen and oxygen atoms in total. The van der Waals surface area contributed by atoms with Crippen LogP contribution < -0.4 is 5.36 Å². The van der Waals surface area contributed by atoms with Crippen LogP contribution in [0.4, 0.5) is 4.39 Å². The van der Waals surface area contributed by atoms with Gasteiger partial charge in [0.1, 0.15) is 5.82 Å². The fourth-order valence-corrected chi connectivity index (χ4v) is 4.85. The fourth-order valence-electron chi connectivity index (χ4n) is 3.49. The van der Waals surface area contributed by atoms with Gasteiger partial charge in [0.15, 0.2) is 0 Å². The molecule has 3 rings (SSSR count). The highest BCUT2D eigenvalue weighted by Gasteiger charge is 2.09. The average Bonchev–Trinajstić information content (AvgIpc) is 2.73. The Balaban J connectivity index is 0.00000341. The van der Waals surface area contributed by atoms with Crippen molar-refractivity contribution in [1.82, 2.24) is 4.90 Å². The molecule has 1 heterocycles. The Kier molecular flexibility index (Phi) is 10.2. The maximum atomic E-state index is 14.0. The van der Waals surface area contributed by atoms with E-state index in [1.165, 1.54) is 6.07 Å². The molecule has 0 spiro atoms. The van der Waals surface area contributed by atoms with Gasteiger partial charge in [-0.05, 0) is 81.4 Å². The lowest BCUT2D eigenvalue weighted by atomic mass is 10.1. The summed E-state index contributed by atoms with van der Waals surface area (Å²) in [5, 5.41) is 2.71. The van der Waals surface area contributed by atoms with Crippen molar-refractivity contribution in [2.24, 2.45) is 4.99 Å². The van der Waals surface area contributed by atoms with E-state index in [9.17, 15) is 4.39 Å². The maximum Gasteiger partial charge on any atom is 0.123 e. The Bertz CT molecular complexity index is 1080. The minimum atomic E-state index is -0.248. The molecule has 0 aliphatic heterocycles. The average molecular weight is 502 g/mol. The summed E-state index contributed by atoms with van der Waals surface area (Å²) in [7, 11) is 0. The first-order chi connectivity index (χ1) is 14.4. The summed E-state index contributed by atoms with van der Waals surface area (Å²) in [6.45, 7) is 9.72. The third-order valence-corrected chi connectivity index (χ3v) is 7.15. The molecule has 1 unspecified atom stereocenters. The Morgan fingerprint density at radius 3 is 2.45 bits per heavy atom. The van der Waals surface area contributed by atoms with Gasteiger partial charge in [-0.1, -0.05) is 43.1 Å². The van der Waals surface area contributed by atoms with E-state index in [4.69, 9.17) is 28.2 Å². The molecule has 0 saturated carbocycles. The van der Waals surface area contributed by atoms with Crippen molar-refractivity contribution in [3.05, 3.63) is 63.7 Å². The SMILES string of the molecule is CCN(CC)CCCC(C)N=c1cc(-c2ccc(Cl)c(Cl)c2)sc2ccc(F)cc12.Cl. The molecule has 3 aromatic rings. The molecule has 0 saturated heterocycles. The van der Waals surface area contributed by atoms with Gasteiger partial charge in [-0.2, -0.15) is 0 Å². The highest BCUT2D eigenvalue weighted by molar-refractivity contribution is 7.21. The van der Waals surface area contributed by atoms with Crippen LogP contribution in [-0.4, -0.2) is 30.6 Å². The number of rotatable bonds is 8. The predicted octanol–water partition coefficient (Wildman–Crippen LogP) is 7.85.